The van der Waals surface area contributed by atoms with E-state index in [0.29, 0.717) is 23.9 Å². The van der Waals surface area contributed by atoms with Gasteiger partial charge in [0, 0.05) is 81.0 Å². The topological polar surface area (TPSA) is 268 Å². The summed E-state index contributed by atoms with van der Waals surface area (Å²) in [5, 5.41) is 29.1. The molecule has 0 saturated carbocycles. The maximum Gasteiger partial charge on any atom is 0.315 e. The zero-order valence-corrected chi connectivity index (χ0v) is 33.8. The molecule has 0 aliphatic carbocycles. The largest absolute Gasteiger partial charge is 0.481 e. The Morgan fingerprint density at radius 2 is 1.46 bits per heavy atom. The maximum absolute atomic E-state index is 13.0. The number of amides is 9. The third-order valence-electron chi connectivity index (χ3n) is 10.1. The first-order valence-corrected chi connectivity index (χ1v) is 20.7. The zero-order chi connectivity index (χ0) is 42.5. The molecular weight excluding hydrogens is 809 g/mol. The van der Waals surface area contributed by atoms with Crippen LogP contribution in [0, 0.1) is 0 Å². The highest BCUT2D eigenvalue weighted by Gasteiger charge is 2.42. The number of fused-ring (bicyclic) bond motifs is 1. The van der Waals surface area contributed by atoms with Crippen molar-refractivity contribution < 1.29 is 48.3 Å². The standard InChI is InChI=1S/C37H48N10O10S2/c48-27(4-2-1-3-26-34-25(21-59-26)42-36(57)44-34)38-18-22-5-7-23(8-6-22)41-37(58)43-24(17-33(54)55)35(56)40-20-32(53)46-15-13-45(14-16-46)31(52)19-39-28(49)11-12-47-29(50)9-10-30(47)51/h5-10,24-26,34H,1-4,11-21H2,(H,38,48)(H,39,49)(H,40,56)(H,54,55)(H2,41,43,58)(H2,42,44,57)/t24-,25-,26-,34-/m0/s1. The summed E-state index contributed by atoms with van der Waals surface area (Å²) in [7, 11) is 0. The molecule has 0 bridgehead atoms. The Morgan fingerprint density at radius 1 is 0.831 bits per heavy atom. The summed E-state index contributed by atoms with van der Waals surface area (Å²) in [4.78, 5) is 113. The number of piperazine rings is 1. The van der Waals surface area contributed by atoms with Crippen LogP contribution < -0.4 is 37.2 Å². The van der Waals surface area contributed by atoms with Gasteiger partial charge in [0.2, 0.25) is 29.5 Å². The van der Waals surface area contributed by atoms with Gasteiger partial charge < -0.3 is 52.1 Å². The van der Waals surface area contributed by atoms with Crippen LogP contribution in [0.4, 0.5) is 10.5 Å². The van der Waals surface area contributed by atoms with E-state index in [0.717, 1.165) is 47.6 Å². The molecule has 318 valence electrons. The molecule has 4 aliphatic rings. The lowest BCUT2D eigenvalue weighted by Crippen LogP contribution is -2.55. The lowest BCUT2D eigenvalue weighted by molar-refractivity contribution is -0.141. The summed E-state index contributed by atoms with van der Waals surface area (Å²) in [6.45, 7) is 0.188. The molecular formula is C37H48N10O10S2. The minimum atomic E-state index is -1.30. The fourth-order valence-electron chi connectivity index (χ4n) is 6.82. The van der Waals surface area contributed by atoms with Crippen LogP contribution in [0.3, 0.4) is 0 Å². The number of carboxylic acids is 1. The van der Waals surface area contributed by atoms with Gasteiger partial charge in [-0.3, -0.25) is 43.3 Å². The minimum Gasteiger partial charge on any atom is -0.481 e. The van der Waals surface area contributed by atoms with Gasteiger partial charge in [0.05, 0.1) is 31.6 Å². The van der Waals surface area contributed by atoms with Crippen molar-refractivity contribution >= 4 is 88.1 Å². The number of aliphatic carboxylic acids is 1. The van der Waals surface area contributed by atoms with Gasteiger partial charge in [-0.25, -0.2) is 4.79 Å². The normalized spacial score (nSPS) is 20.0. The Morgan fingerprint density at radius 3 is 2.10 bits per heavy atom. The summed E-state index contributed by atoms with van der Waals surface area (Å²) in [6, 6.07) is 5.93. The predicted octanol–water partition coefficient (Wildman–Crippen LogP) is -1.62. The molecule has 1 aromatic carbocycles. The number of nitrogens with one attached hydrogen (secondary N) is 7. The molecule has 59 heavy (non-hydrogen) atoms. The van der Waals surface area contributed by atoms with Gasteiger partial charge in [-0.05, 0) is 42.8 Å². The Kier molecular flexibility index (Phi) is 16.0. The maximum atomic E-state index is 13.0. The highest BCUT2D eigenvalue weighted by molar-refractivity contribution is 8.00. The van der Waals surface area contributed by atoms with Crippen molar-refractivity contribution in [3.8, 4) is 0 Å². The molecule has 0 aromatic heterocycles. The fraction of sp³-hybridized carbons (Fsp3) is 0.514. The van der Waals surface area contributed by atoms with E-state index in [9.17, 15) is 48.3 Å². The molecule has 3 fully saturated rings. The van der Waals surface area contributed by atoms with Crippen molar-refractivity contribution in [3.05, 3.63) is 42.0 Å². The van der Waals surface area contributed by atoms with E-state index >= 15 is 0 Å². The van der Waals surface area contributed by atoms with Gasteiger partial charge in [0.25, 0.3) is 11.8 Å². The Labute approximate surface area is 349 Å². The molecule has 0 radical (unpaired) electrons. The molecule has 1 aromatic rings. The lowest BCUT2D eigenvalue weighted by Gasteiger charge is -2.35. The third kappa shape index (κ3) is 13.4. The number of unbranched alkanes of at least 4 members (excludes halogenated alkanes) is 1. The van der Waals surface area contributed by atoms with Gasteiger partial charge in [-0.1, -0.05) is 18.6 Å². The Hall–Kier alpha value is -5.77. The average Bonchev–Trinajstić information content (AvgIpc) is 3.88. The number of thiocarbonyl (C=S) groups is 1. The number of carbonyl (C=O) groups excluding carboxylic acids is 8. The van der Waals surface area contributed by atoms with Gasteiger partial charge in [-0.2, -0.15) is 11.8 Å². The second kappa shape index (κ2) is 21.3. The van der Waals surface area contributed by atoms with Crippen LogP contribution in [0.25, 0.3) is 0 Å². The molecule has 4 atom stereocenters. The van der Waals surface area contributed by atoms with Crippen molar-refractivity contribution in [1.82, 2.24) is 46.6 Å². The number of urea groups is 1. The van der Waals surface area contributed by atoms with Crippen LogP contribution in [0.2, 0.25) is 0 Å². The first-order valence-electron chi connectivity index (χ1n) is 19.2. The molecule has 3 saturated heterocycles. The molecule has 0 spiro atoms. The number of carbonyl (C=O) groups is 9. The lowest BCUT2D eigenvalue weighted by atomic mass is 10.0. The van der Waals surface area contributed by atoms with Crippen LogP contribution in [-0.2, 0) is 44.9 Å². The molecule has 8 N–H and O–H groups in total. The average molecular weight is 857 g/mol. The van der Waals surface area contributed by atoms with E-state index in [-0.39, 0.29) is 80.7 Å². The van der Waals surface area contributed by atoms with E-state index in [2.05, 4.69) is 37.2 Å². The number of hydrogen-bond donors (Lipinski definition) is 8. The first kappa shape index (κ1) is 44.3. The monoisotopic (exact) mass is 856 g/mol. The Balaban J connectivity index is 0.947. The molecule has 4 aliphatic heterocycles. The van der Waals surface area contributed by atoms with E-state index in [1.165, 1.54) is 9.80 Å². The molecule has 4 heterocycles. The summed E-state index contributed by atoms with van der Waals surface area (Å²) in [6.07, 6.45) is 4.42. The van der Waals surface area contributed by atoms with Crippen LogP contribution >= 0.6 is 24.0 Å². The molecule has 20 nitrogen and oxygen atoms in total. The van der Waals surface area contributed by atoms with Crippen LogP contribution in [0.1, 0.15) is 44.1 Å². The van der Waals surface area contributed by atoms with E-state index in [1.807, 2.05) is 11.8 Å². The molecule has 0 unspecified atom stereocenters. The van der Waals surface area contributed by atoms with Crippen molar-refractivity contribution in [1.29, 1.82) is 0 Å². The van der Waals surface area contributed by atoms with E-state index < -0.39 is 54.5 Å². The second-order valence-corrected chi connectivity index (χ2v) is 15.9. The number of nitrogens with zero attached hydrogens (tertiary/aromatic N) is 3. The number of hydrogen-bond acceptors (Lipinski definition) is 11. The molecule has 9 amide bonds. The fourth-order valence-corrected chi connectivity index (χ4v) is 8.62. The minimum absolute atomic E-state index is 0.0250. The summed E-state index contributed by atoms with van der Waals surface area (Å²) >= 11 is 7.18. The quantitative estimate of drug-likeness (QED) is 0.0337. The number of imide groups is 1. The van der Waals surface area contributed by atoms with E-state index in [4.69, 9.17) is 12.2 Å². The summed E-state index contributed by atoms with van der Waals surface area (Å²) < 4.78 is 0. The second-order valence-electron chi connectivity index (χ2n) is 14.3. The van der Waals surface area contributed by atoms with Crippen LogP contribution in [0.15, 0.2) is 36.4 Å². The summed E-state index contributed by atoms with van der Waals surface area (Å²) in [5.74, 6) is -3.53. The van der Waals surface area contributed by atoms with Crippen molar-refractivity contribution in [2.45, 2.75) is 68.4 Å². The van der Waals surface area contributed by atoms with Gasteiger partial charge in [0.15, 0.2) is 5.11 Å². The zero-order valence-electron chi connectivity index (χ0n) is 32.2. The Bertz CT molecular complexity index is 1820. The van der Waals surface area contributed by atoms with Gasteiger partial charge in [0.1, 0.15) is 6.04 Å². The molecule has 5 rings (SSSR count). The number of anilines is 1. The van der Waals surface area contributed by atoms with Crippen molar-refractivity contribution in [2.75, 3.05) is 56.9 Å². The van der Waals surface area contributed by atoms with Crippen LogP contribution in [-0.4, -0.2) is 153 Å². The number of benzene rings is 1. The number of carboxylic acid groups (broad SMARTS) is 1. The summed E-state index contributed by atoms with van der Waals surface area (Å²) in [5.41, 5.74) is 1.39. The van der Waals surface area contributed by atoms with Crippen molar-refractivity contribution in [2.24, 2.45) is 0 Å². The highest BCUT2D eigenvalue weighted by Crippen LogP contribution is 2.33. The SMILES string of the molecule is O=C(O)C[C@H](NC(=S)Nc1ccc(CNC(=O)CCCC[C@@H]2SC[C@@H]3NC(=O)N[C@@H]32)cc1)C(=O)NCC(=O)N1CCN(C(=O)CNC(=O)CCN2C(=O)C=CC2=O)CC1. The first-order chi connectivity index (χ1) is 28.2. The predicted molar refractivity (Wildman–Crippen MR) is 217 cm³/mol. The van der Waals surface area contributed by atoms with Gasteiger partial charge >= 0.3 is 12.0 Å². The molecule has 22 heteroatoms. The smallest absolute Gasteiger partial charge is 0.315 e. The third-order valence-corrected chi connectivity index (χ3v) is 11.8. The highest BCUT2D eigenvalue weighted by atomic mass is 32.2. The van der Waals surface area contributed by atoms with Crippen molar-refractivity contribution in [3.63, 3.8) is 0 Å². The number of thioether (sulfide) groups is 1. The van der Waals surface area contributed by atoms with Crippen LogP contribution in [0.5, 0.6) is 0 Å². The van der Waals surface area contributed by atoms with Gasteiger partial charge in [-0.15, -0.1) is 0 Å². The number of rotatable bonds is 19. The van der Waals surface area contributed by atoms with E-state index in [1.54, 1.807) is 24.3 Å².